The van der Waals surface area contributed by atoms with Gasteiger partial charge in [-0.3, -0.25) is 4.79 Å². The summed E-state index contributed by atoms with van der Waals surface area (Å²) >= 11 is 0. The van der Waals surface area contributed by atoms with Crippen molar-refractivity contribution >= 4 is 5.97 Å². The van der Waals surface area contributed by atoms with Crippen LogP contribution in [0, 0.1) is 0 Å². The fraction of sp³-hybridized carbons (Fsp3) is 0.333. The zero-order chi connectivity index (χ0) is 13.2. The molecule has 0 aliphatic heterocycles. The molecule has 1 rings (SSSR count). The van der Waals surface area contributed by atoms with Crippen molar-refractivity contribution in [2.45, 2.75) is 18.8 Å². The smallest absolute Gasteiger partial charge is 0.416 e. The van der Waals surface area contributed by atoms with Gasteiger partial charge in [-0.2, -0.15) is 13.2 Å². The Morgan fingerprint density at radius 3 is 2.53 bits per heavy atom. The molecule has 0 saturated carbocycles. The summed E-state index contributed by atoms with van der Waals surface area (Å²) in [5.41, 5.74) is -1.75. The van der Waals surface area contributed by atoms with Gasteiger partial charge in [0.15, 0.2) is 6.10 Å². The lowest BCUT2D eigenvalue weighted by Gasteiger charge is -2.15. The molecule has 0 aliphatic carbocycles. The van der Waals surface area contributed by atoms with E-state index in [2.05, 4.69) is 0 Å². The molecule has 17 heavy (non-hydrogen) atoms. The third kappa shape index (κ3) is 3.06. The lowest BCUT2D eigenvalue weighted by Crippen LogP contribution is -2.37. The Morgan fingerprint density at radius 1 is 1.47 bits per heavy atom. The summed E-state index contributed by atoms with van der Waals surface area (Å²) in [5, 5.41) is 17.3. The Hall–Kier alpha value is -1.83. The van der Waals surface area contributed by atoms with Gasteiger partial charge in [0.25, 0.3) is 5.56 Å². The zero-order valence-electron chi connectivity index (χ0n) is 8.31. The van der Waals surface area contributed by atoms with Crippen LogP contribution in [0.2, 0.25) is 0 Å². The van der Waals surface area contributed by atoms with Crippen LogP contribution in [0.25, 0.3) is 0 Å². The van der Waals surface area contributed by atoms with E-state index in [-0.39, 0.29) is 0 Å². The first-order valence-corrected chi connectivity index (χ1v) is 4.41. The average Bonchev–Trinajstić information content (AvgIpc) is 2.19. The normalized spacial score (nSPS) is 13.4. The maximum Gasteiger partial charge on any atom is 0.416 e. The van der Waals surface area contributed by atoms with Crippen LogP contribution in [0.3, 0.4) is 0 Å². The Kier molecular flexibility index (Phi) is 3.56. The van der Waals surface area contributed by atoms with Gasteiger partial charge < -0.3 is 14.8 Å². The van der Waals surface area contributed by atoms with Crippen LogP contribution in [0.5, 0.6) is 0 Å². The minimum Gasteiger partial charge on any atom is -0.477 e. The van der Waals surface area contributed by atoms with Crippen LogP contribution in [-0.4, -0.2) is 33.0 Å². The zero-order valence-corrected chi connectivity index (χ0v) is 8.31. The number of pyridine rings is 1. The van der Waals surface area contributed by atoms with E-state index in [1.54, 1.807) is 0 Å². The van der Waals surface area contributed by atoms with Crippen molar-refractivity contribution < 1.29 is 28.2 Å². The lowest BCUT2D eigenvalue weighted by molar-refractivity contribution is -0.207. The number of hydrogen-bond acceptors (Lipinski definition) is 3. The molecule has 1 aromatic rings. The van der Waals surface area contributed by atoms with Crippen LogP contribution < -0.4 is 5.56 Å². The summed E-state index contributed by atoms with van der Waals surface area (Å²) in [6.45, 7) is -1.04. The molecular weight excluding hydrogens is 243 g/mol. The number of carboxylic acids is 1. The molecule has 0 fully saturated rings. The van der Waals surface area contributed by atoms with E-state index in [1.165, 1.54) is 0 Å². The number of aliphatic hydroxyl groups excluding tert-OH is 1. The first-order chi connectivity index (χ1) is 7.73. The number of alkyl halides is 3. The monoisotopic (exact) mass is 251 g/mol. The predicted octanol–water partition coefficient (Wildman–Crippen LogP) is 0.470. The molecule has 0 spiro atoms. The fourth-order valence-electron chi connectivity index (χ4n) is 1.13. The highest BCUT2D eigenvalue weighted by Gasteiger charge is 2.38. The number of carbonyl (C=O) groups is 1. The number of rotatable bonds is 3. The number of aromatic carboxylic acids is 1. The third-order valence-electron chi connectivity index (χ3n) is 2.00. The van der Waals surface area contributed by atoms with E-state index < -0.39 is 35.9 Å². The number of aliphatic hydroxyl groups is 1. The summed E-state index contributed by atoms with van der Waals surface area (Å²) in [6, 6.07) is 2.09. The molecule has 2 N–H and O–H groups in total. The number of nitrogens with zero attached hydrogens (tertiary/aromatic N) is 1. The van der Waals surface area contributed by atoms with Gasteiger partial charge in [0.2, 0.25) is 0 Å². The quantitative estimate of drug-likeness (QED) is 0.818. The van der Waals surface area contributed by atoms with Crippen LogP contribution in [0.1, 0.15) is 10.4 Å². The van der Waals surface area contributed by atoms with Gasteiger partial charge in [0.1, 0.15) is 5.56 Å². The van der Waals surface area contributed by atoms with Crippen molar-refractivity contribution in [2.75, 3.05) is 0 Å². The molecule has 1 unspecified atom stereocenters. The molecule has 94 valence electrons. The van der Waals surface area contributed by atoms with Crippen LogP contribution in [0.4, 0.5) is 13.2 Å². The van der Waals surface area contributed by atoms with Gasteiger partial charge in [-0.1, -0.05) is 0 Å². The second-order valence-electron chi connectivity index (χ2n) is 3.24. The molecule has 0 aliphatic rings. The van der Waals surface area contributed by atoms with Gasteiger partial charge in [0, 0.05) is 6.20 Å². The Morgan fingerprint density at radius 2 is 2.06 bits per heavy atom. The van der Waals surface area contributed by atoms with Crippen molar-refractivity contribution in [1.82, 2.24) is 4.57 Å². The van der Waals surface area contributed by atoms with Crippen molar-refractivity contribution in [1.29, 1.82) is 0 Å². The third-order valence-corrected chi connectivity index (χ3v) is 2.00. The first kappa shape index (κ1) is 13.2. The maximum atomic E-state index is 12.0. The fourth-order valence-corrected chi connectivity index (χ4v) is 1.13. The van der Waals surface area contributed by atoms with E-state index in [4.69, 9.17) is 10.2 Å². The average molecular weight is 251 g/mol. The molecule has 0 radical (unpaired) electrons. The summed E-state index contributed by atoms with van der Waals surface area (Å²) in [5.74, 6) is -1.54. The highest BCUT2D eigenvalue weighted by atomic mass is 19.4. The van der Waals surface area contributed by atoms with Gasteiger partial charge in [-0.25, -0.2) is 4.79 Å². The Labute approximate surface area is 92.7 Å². The summed E-state index contributed by atoms with van der Waals surface area (Å²) in [6.07, 6.45) is -6.60. The van der Waals surface area contributed by atoms with Crippen LogP contribution in [0.15, 0.2) is 23.1 Å². The van der Waals surface area contributed by atoms with Crippen molar-refractivity contribution in [3.05, 3.63) is 34.2 Å². The van der Waals surface area contributed by atoms with E-state index in [0.29, 0.717) is 4.57 Å². The van der Waals surface area contributed by atoms with Crippen molar-refractivity contribution in [3.8, 4) is 0 Å². The Bertz CT molecular complexity index is 480. The Balaban J connectivity index is 3.05. The number of carboxylic acid groups (broad SMARTS) is 1. The SMILES string of the molecule is O=C(O)c1cccn(CC(O)C(F)(F)F)c1=O. The van der Waals surface area contributed by atoms with Crippen LogP contribution >= 0.6 is 0 Å². The largest absolute Gasteiger partial charge is 0.477 e. The molecule has 1 atom stereocenters. The molecule has 0 amide bonds. The summed E-state index contributed by atoms with van der Waals surface area (Å²) in [4.78, 5) is 21.9. The second-order valence-corrected chi connectivity index (χ2v) is 3.24. The summed E-state index contributed by atoms with van der Waals surface area (Å²) in [7, 11) is 0. The number of hydrogen-bond donors (Lipinski definition) is 2. The molecule has 0 bridgehead atoms. The minimum absolute atomic E-state index is 0.502. The molecular formula is C9H8F3NO4. The molecule has 0 aromatic carbocycles. The van der Waals surface area contributed by atoms with Gasteiger partial charge >= 0.3 is 12.1 Å². The maximum absolute atomic E-state index is 12.0. The van der Waals surface area contributed by atoms with E-state index in [1.807, 2.05) is 0 Å². The van der Waals surface area contributed by atoms with Gasteiger partial charge in [0.05, 0.1) is 6.54 Å². The predicted molar refractivity (Wildman–Crippen MR) is 49.7 cm³/mol. The molecule has 1 aromatic heterocycles. The number of halogens is 3. The second kappa shape index (κ2) is 4.58. The molecule has 1 heterocycles. The highest BCUT2D eigenvalue weighted by Crippen LogP contribution is 2.20. The van der Waals surface area contributed by atoms with Crippen molar-refractivity contribution in [3.63, 3.8) is 0 Å². The first-order valence-electron chi connectivity index (χ1n) is 4.41. The van der Waals surface area contributed by atoms with Crippen LogP contribution in [-0.2, 0) is 6.54 Å². The van der Waals surface area contributed by atoms with E-state index in [9.17, 15) is 22.8 Å². The van der Waals surface area contributed by atoms with Gasteiger partial charge in [-0.15, -0.1) is 0 Å². The van der Waals surface area contributed by atoms with E-state index in [0.717, 1.165) is 18.3 Å². The van der Waals surface area contributed by atoms with Crippen molar-refractivity contribution in [2.24, 2.45) is 0 Å². The standard InChI is InChI=1S/C9H8F3NO4/c10-9(11,12)6(14)4-13-3-1-2-5(7(13)15)8(16)17/h1-3,6,14H,4H2,(H,16,17). The highest BCUT2D eigenvalue weighted by molar-refractivity contribution is 5.86. The topological polar surface area (TPSA) is 79.5 Å². The molecule has 8 heteroatoms. The molecule has 5 nitrogen and oxygen atoms in total. The summed E-state index contributed by atoms with van der Waals surface area (Å²) < 4.78 is 36.6. The van der Waals surface area contributed by atoms with Gasteiger partial charge in [-0.05, 0) is 12.1 Å². The minimum atomic E-state index is -4.86. The number of aromatic nitrogens is 1. The molecule has 0 saturated heterocycles. The van der Waals surface area contributed by atoms with E-state index >= 15 is 0 Å². The lowest BCUT2D eigenvalue weighted by atomic mass is 10.2.